The Morgan fingerprint density at radius 2 is 2.11 bits per heavy atom. The Morgan fingerprint density at radius 3 is 2.67 bits per heavy atom. The number of hydrogen-bond donors (Lipinski definition) is 3. The summed E-state index contributed by atoms with van der Waals surface area (Å²) in [5.74, 6) is -1.80. The van der Waals surface area contributed by atoms with Gasteiger partial charge in [0.25, 0.3) is 0 Å². The van der Waals surface area contributed by atoms with Crippen LogP contribution in [-0.2, 0) is 4.79 Å². The third-order valence-corrected chi connectivity index (χ3v) is 2.26. The number of carboxylic acids is 1. The number of anilines is 1. The molecule has 0 saturated carbocycles. The average molecular weight is 244 g/mol. The number of carbonyl (C=O) groups excluding carboxylic acids is 1. The van der Waals surface area contributed by atoms with E-state index in [2.05, 4.69) is 5.32 Å². The monoisotopic (exact) mass is 244 g/mol. The molecule has 3 N–H and O–H groups in total. The molecule has 0 aliphatic rings. The molecular formula is C12H13BN2O3. The number of hydrogen-bond acceptors (Lipinski definition) is 4. The molecule has 6 heteroatoms. The molecule has 2 radical (unpaired) electrons. The summed E-state index contributed by atoms with van der Waals surface area (Å²) in [6.07, 6.45) is -0.589. The largest absolute Gasteiger partial charge is 0.481 e. The van der Waals surface area contributed by atoms with Crippen molar-refractivity contribution in [3.05, 3.63) is 23.8 Å². The average Bonchev–Trinajstić information content (AvgIpc) is 2.28. The first-order chi connectivity index (χ1) is 8.45. The third kappa shape index (κ3) is 3.45. The molecule has 0 fully saturated rings. The highest BCUT2D eigenvalue weighted by atomic mass is 16.4. The van der Waals surface area contributed by atoms with Crippen LogP contribution in [0, 0.1) is 5.41 Å². The Kier molecular flexibility index (Phi) is 4.65. The minimum absolute atomic E-state index is 0.261. The molecule has 0 atom stereocenters. The first-order valence-corrected chi connectivity index (χ1v) is 5.43. The summed E-state index contributed by atoms with van der Waals surface area (Å²) < 4.78 is 0. The molecule has 0 amide bonds. The van der Waals surface area contributed by atoms with Gasteiger partial charge in [-0.15, -0.1) is 0 Å². The number of carbonyl (C=O) groups is 2. The number of nitrogens with one attached hydrogen (secondary N) is 2. The van der Waals surface area contributed by atoms with Crippen molar-refractivity contribution in [3.8, 4) is 0 Å². The molecule has 0 aromatic heterocycles. The van der Waals surface area contributed by atoms with E-state index in [1.165, 1.54) is 6.07 Å². The van der Waals surface area contributed by atoms with Gasteiger partial charge in [-0.1, -0.05) is 11.5 Å². The third-order valence-electron chi connectivity index (χ3n) is 2.26. The second kappa shape index (κ2) is 6.00. The zero-order valence-electron chi connectivity index (χ0n) is 9.99. The van der Waals surface area contributed by atoms with Gasteiger partial charge >= 0.3 is 5.97 Å². The number of Topliss-reactive ketones (excluding diaryl/α,β-unsaturated/α-hetero) is 1. The minimum Gasteiger partial charge on any atom is -0.481 e. The second-order valence-electron chi connectivity index (χ2n) is 3.71. The van der Waals surface area contributed by atoms with E-state index in [1.54, 1.807) is 12.1 Å². The van der Waals surface area contributed by atoms with Crippen LogP contribution in [0.4, 0.5) is 5.69 Å². The fourth-order valence-electron chi connectivity index (χ4n) is 1.49. The Balaban J connectivity index is 3.04. The highest BCUT2D eigenvalue weighted by Crippen LogP contribution is 2.15. The highest BCUT2D eigenvalue weighted by Gasteiger charge is 2.18. The van der Waals surface area contributed by atoms with Gasteiger partial charge in [0.2, 0.25) is 5.78 Å². The van der Waals surface area contributed by atoms with Gasteiger partial charge in [-0.05, 0) is 19.1 Å². The van der Waals surface area contributed by atoms with E-state index in [0.29, 0.717) is 17.7 Å². The Bertz CT molecular complexity index is 500. The molecule has 1 aromatic rings. The van der Waals surface area contributed by atoms with Crippen LogP contribution in [-0.4, -0.2) is 37.0 Å². The summed E-state index contributed by atoms with van der Waals surface area (Å²) >= 11 is 0. The maximum Gasteiger partial charge on any atom is 0.309 e. The lowest BCUT2D eigenvalue weighted by Gasteiger charge is -2.11. The Labute approximate surface area is 106 Å². The van der Waals surface area contributed by atoms with Gasteiger partial charge in [0.15, 0.2) is 0 Å². The van der Waals surface area contributed by atoms with Gasteiger partial charge < -0.3 is 15.8 Å². The van der Waals surface area contributed by atoms with Crippen molar-refractivity contribution in [1.29, 1.82) is 5.41 Å². The van der Waals surface area contributed by atoms with E-state index in [9.17, 15) is 9.59 Å². The molecule has 0 spiro atoms. The van der Waals surface area contributed by atoms with Gasteiger partial charge in [0.1, 0.15) is 7.85 Å². The molecule has 0 heterocycles. The molecule has 0 unspecified atom stereocenters. The standard InChI is InChI=1S/C12H13BN2O3/c1-2-15-10-5-7(13)3-4-8(10)12(18)9(14)6-11(16)17/h3-5,14-15H,2,6H2,1H3,(H,16,17). The number of aliphatic carboxylic acids is 1. The molecule has 0 bridgehead atoms. The van der Waals surface area contributed by atoms with Crippen molar-refractivity contribution in [2.75, 3.05) is 11.9 Å². The zero-order valence-corrected chi connectivity index (χ0v) is 9.99. The van der Waals surface area contributed by atoms with E-state index in [0.717, 1.165) is 0 Å². The lowest BCUT2D eigenvalue weighted by atomic mass is 9.92. The van der Waals surface area contributed by atoms with Gasteiger partial charge in [0, 0.05) is 17.8 Å². The van der Waals surface area contributed by atoms with E-state index >= 15 is 0 Å². The van der Waals surface area contributed by atoms with Crippen molar-refractivity contribution in [2.24, 2.45) is 0 Å². The fraction of sp³-hybridized carbons (Fsp3) is 0.250. The topological polar surface area (TPSA) is 90.2 Å². The SMILES string of the molecule is [B]c1ccc(C(=O)C(=N)CC(=O)O)c(NCC)c1. The van der Waals surface area contributed by atoms with E-state index in [1.807, 2.05) is 6.92 Å². The summed E-state index contributed by atoms with van der Waals surface area (Å²) in [7, 11) is 5.62. The summed E-state index contributed by atoms with van der Waals surface area (Å²) in [6.45, 7) is 2.45. The molecule has 1 aromatic carbocycles. The van der Waals surface area contributed by atoms with Crippen LogP contribution in [0.15, 0.2) is 18.2 Å². The van der Waals surface area contributed by atoms with Crippen LogP contribution in [0.1, 0.15) is 23.7 Å². The fourth-order valence-corrected chi connectivity index (χ4v) is 1.49. The minimum atomic E-state index is -1.20. The second-order valence-corrected chi connectivity index (χ2v) is 3.71. The van der Waals surface area contributed by atoms with E-state index < -0.39 is 23.9 Å². The molecular weight excluding hydrogens is 231 g/mol. The van der Waals surface area contributed by atoms with Gasteiger partial charge in [-0.3, -0.25) is 9.59 Å². The highest BCUT2D eigenvalue weighted by molar-refractivity contribution is 6.48. The first kappa shape index (κ1) is 14.0. The predicted octanol–water partition coefficient (Wildman–Crippen LogP) is 0.589. The zero-order chi connectivity index (χ0) is 13.7. The van der Waals surface area contributed by atoms with Crippen molar-refractivity contribution in [2.45, 2.75) is 13.3 Å². The molecule has 92 valence electrons. The number of carboxylic acid groups (broad SMARTS) is 1. The Hall–Kier alpha value is -2.11. The van der Waals surface area contributed by atoms with Crippen LogP contribution in [0.5, 0.6) is 0 Å². The van der Waals surface area contributed by atoms with Gasteiger partial charge in [-0.25, -0.2) is 0 Å². The summed E-state index contributed by atoms with van der Waals surface area (Å²) in [6, 6.07) is 4.62. The molecule has 5 nitrogen and oxygen atoms in total. The predicted molar refractivity (Wildman–Crippen MR) is 70.3 cm³/mol. The van der Waals surface area contributed by atoms with Crippen LogP contribution in [0.2, 0.25) is 0 Å². The van der Waals surface area contributed by atoms with Crippen molar-refractivity contribution in [1.82, 2.24) is 0 Å². The lowest BCUT2D eigenvalue weighted by Crippen LogP contribution is -2.20. The molecule has 1 rings (SSSR count). The molecule has 0 saturated heterocycles. The van der Waals surface area contributed by atoms with Crippen LogP contribution >= 0.6 is 0 Å². The lowest BCUT2D eigenvalue weighted by molar-refractivity contribution is -0.135. The smallest absolute Gasteiger partial charge is 0.309 e. The summed E-state index contributed by atoms with van der Waals surface area (Å²) in [4.78, 5) is 22.4. The molecule has 18 heavy (non-hydrogen) atoms. The van der Waals surface area contributed by atoms with Gasteiger partial charge in [0.05, 0.1) is 12.1 Å². The van der Waals surface area contributed by atoms with Crippen molar-refractivity contribution < 1.29 is 14.7 Å². The summed E-state index contributed by atoms with van der Waals surface area (Å²) in [5.41, 5.74) is 0.814. The van der Waals surface area contributed by atoms with Crippen LogP contribution < -0.4 is 10.8 Å². The first-order valence-electron chi connectivity index (χ1n) is 5.43. The van der Waals surface area contributed by atoms with Gasteiger partial charge in [-0.2, -0.15) is 0 Å². The number of ketones is 1. The van der Waals surface area contributed by atoms with Crippen molar-refractivity contribution in [3.63, 3.8) is 0 Å². The molecule has 0 aliphatic carbocycles. The van der Waals surface area contributed by atoms with Crippen LogP contribution in [0.3, 0.4) is 0 Å². The normalized spacial score (nSPS) is 9.83. The summed E-state index contributed by atoms with van der Waals surface area (Å²) in [5, 5.41) is 19.0. The quantitative estimate of drug-likeness (QED) is 0.388. The van der Waals surface area contributed by atoms with E-state index in [4.69, 9.17) is 18.4 Å². The van der Waals surface area contributed by atoms with Crippen molar-refractivity contribution >= 4 is 36.5 Å². The maximum atomic E-state index is 11.9. The molecule has 0 aliphatic heterocycles. The van der Waals surface area contributed by atoms with E-state index in [-0.39, 0.29) is 5.56 Å². The number of benzene rings is 1. The Morgan fingerprint density at radius 1 is 1.44 bits per heavy atom. The van der Waals surface area contributed by atoms with Crippen LogP contribution in [0.25, 0.3) is 0 Å². The maximum absolute atomic E-state index is 11.9. The number of rotatable bonds is 6.